The molecule has 0 N–H and O–H groups in total. The van der Waals surface area contributed by atoms with E-state index in [1.165, 1.54) is 35.4 Å². The summed E-state index contributed by atoms with van der Waals surface area (Å²) >= 11 is 0. The molecular weight excluding hydrogens is 380 g/mol. The lowest BCUT2D eigenvalue weighted by molar-refractivity contribution is -0.116. The lowest BCUT2D eigenvalue weighted by Gasteiger charge is -2.29. The van der Waals surface area contributed by atoms with Crippen molar-refractivity contribution in [1.29, 1.82) is 0 Å². The number of carbonyl (C=O) groups excluding carboxylic acids is 1. The van der Waals surface area contributed by atoms with Gasteiger partial charge in [0.25, 0.3) is 0 Å². The second kappa shape index (κ2) is 10.6. The highest BCUT2D eigenvalue weighted by atomic mass is 16.1. The minimum Gasteiger partial charge on any atom is -0.348 e. The Bertz CT molecular complexity index is 775. The first kappa shape index (κ1) is 23.8. The number of ketones is 1. The van der Waals surface area contributed by atoms with E-state index in [4.69, 9.17) is 0 Å². The van der Waals surface area contributed by atoms with Crippen LogP contribution in [0.15, 0.2) is 60.0 Å². The summed E-state index contributed by atoms with van der Waals surface area (Å²) in [5.74, 6) is 1.57. The quantitative estimate of drug-likeness (QED) is 0.243. The normalized spacial score (nSPS) is 21.6. The first-order valence-corrected chi connectivity index (χ1v) is 12.3. The Morgan fingerprint density at radius 3 is 2.35 bits per heavy atom. The predicted molar refractivity (Wildman–Crippen MR) is 132 cm³/mol. The molecule has 3 heteroatoms. The standard InChI is InChI=1S/C28H42N2O/c1-7-23(21(5)24-11-12-24)18-26-19-27(15-10-20(4)28(31)25-13-14-25)30(22(26)6)17-16-29(8-2)9-3/h7,19,24-26H,4-6,8-18H2,1-3H3/b23-7+/t26-/m0/s1. The van der Waals surface area contributed by atoms with Crippen LogP contribution in [-0.2, 0) is 4.79 Å². The Hall–Kier alpha value is -1.87. The van der Waals surface area contributed by atoms with Gasteiger partial charge in [-0.2, -0.15) is 0 Å². The monoisotopic (exact) mass is 422 g/mol. The van der Waals surface area contributed by atoms with Crippen molar-refractivity contribution < 1.29 is 4.79 Å². The summed E-state index contributed by atoms with van der Waals surface area (Å²) in [6.45, 7) is 23.7. The fourth-order valence-electron chi connectivity index (χ4n) is 4.67. The van der Waals surface area contributed by atoms with Gasteiger partial charge in [0, 0.05) is 36.3 Å². The molecular formula is C28H42N2O. The number of Topliss-reactive ketones (excluding diaryl/α,β-unsaturated/α-hetero) is 1. The van der Waals surface area contributed by atoms with Gasteiger partial charge in [-0.3, -0.25) is 4.79 Å². The van der Waals surface area contributed by atoms with Gasteiger partial charge < -0.3 is 9.80 Å². The number of nitrogens with zero attached hydrogens (tertiary/aromatic N) is 2. The largest absolute Gasteiger partial charge is 0.348 e. The maximum absolute atomic E-state index is 12.4. The van der Waals surface area contributed by atoms with Crippen LogP contribution in [0.3, 0.4) is 0 Å². The zero-order valence-corrected chi connectivity index (χ0v) is 20.1. The van der Waals surface area contributed by atoms with Gasteiger partial charge >= 0.3 is 0 Å². The third-order valence-electron chi connectivity index (χ3n) is 7.30. The number of likely N-dealkylation sites (N-methyl/N-ethyl adjacent to an activating group) is 1. The van der Waals surface area contributed by atoms with Crippen LogP contribution in [0.4, 0.5) is 0 Å². The molecule has 0 amide bonds. The minimum atomic E-state index is 0.261. The van der Waals surface area contributed by atoms with Crippen LogP contribution in [0.2, 0.25) is 0 Å². The lowest BCUT2D eigenvalue weighted by atomic mass is 9.91. The van der Waals surface area contributed by atoms with Crippen molar-refractivity contribution >= 4 is 5.78 Å². The molecule has 0 unspecified atom stereocenters. The van der Waals surface area contributed by atoms with Crippen molar-refractivity contribution in [1.82, 2.24) is 9.80 Å². The van der Waals surface area contributed by atoms with Gasteiger partial charge in [-0.15, -0.1) is 0 Å². The van der Waals surface area contributed by atoms with Crippen LogP contribution in [0.25, 0.3) is 0 Å². The van der Waals surface area contributed by atoms with E-state index in [1.807, 2.05) is 0 Å². The Kier molecular flexibility index (Phi) is 8.16. The van der Waals surface area contributed by atoms with Crippen molar-refractivity contribution in [2.75, 3.05) is 26.2 Å². The summed E-state index contributed by atoms with van der Waals surface area (Å²) in [5.41, 5.74) is 6.04. The first-order valence-electron chi connectivity index (χ1n) is 12.3. The molecule has 2 aliphatic carbocycles. The molecule has 0 aromatic rings. The van der Waals surface area contributed by atoms with E-state index in [-0.39, 0.29) is 5.92 Å². The molecule has 1 heterocycles. The summed E-state index contributed by atoms with van der Waals surface area (Å²) in [6, 6.07) is 0. The van der Waals surface area contributed by atoms with Gasteiger partial charge in [-0.05, 0) is 87.6 Å². The average molecular weight is 423 g/mol. The van der Waals surface area contributed by atoms with E-state index in [0.717, 1.165) is 63.9 Å². The van der Waals surface area contributed by atoms with Gasteiger partial charge in [-0.25, -0.2) is 0 Å². The molecule has 0 bridgehead atoms. The summed E-state index contributed by atoms with van der Waals surface area (Å²) in [4.78, 5) is 17.2. The fraction of sp³-hybridized carbons (Fsp3) is 0.607. The highest BCUT2D eigenvalue weighted by Crippen LogP contribution is 2.43. The van der Waals surface area contributed by atoms with Gasteiger partial charge in [-0.1, -0.05) is 45.7 Å². The second-order valence-corrected chi connectivity index (χ2v) is 9.49. The SMILES string of the molecule is C=C(CCC1=C[C@H](C/C(=C\C)C(=C)C2CC2)C(=C)N1CCN(CC)CC)C(=O)C1CC1. The highest BCUT2D eigenvalue weighted by Gasteiger charge is 2.33. The van der Waals surface area contributed by atoms with Gasteiger partial charge in [0.1, 0.15) is 0 Å². The molecule has 0 radical (unpaired) electrons. The van der Waals surface area contributed by atoms with Crippen LogP contribution >= 0.6 is 0 Å². The third kappa shape index (κ3) is 6.10. The lowest BCUT2D eigenvalue weighted by Crippen LogP contribution is -2.33. The van der Waals surface area contributed by atoms with Crippen LogP contribution in [0.1, 0.15) is 65.7 Å². The van der Waals surface area contributed by atoms with Gasteiger partial charge in [0.2, 0.25) is 0 Å². The molecule has 0 aromatic carbocycles. The number of allylic oxidation sites excluding steroid dienone is 6. The minimum absolute atomic E-state index is 0.261. The zero-order chi connectivity index (χ0) is 22.5. The van der Waals surface area contributed by atoms with Crippen LogP contribution in [0, 0.1) is 17.8 Å². The first-order chi connectivity index (χ1) is 14.9. The van der Waals surface area contributed by atoms with Gasteiger partial charge in [0.15, 0.2) is 5.78 Å². The topological polar surface area (TPSA) is 23.6 Å². The summed E-state index contributed by atoms with van der Waals surface area (Å²) in [7, 11) is 0. The summed E-state index contributed by atoms with van der Waals surface area (Å²) in [5, 5.41) is 0. The molecule has 170 valence electrons. The van der Waals surface area contributed by atoms with E-state index in [9.17, 15) is 4.79 Å². The molecule has 3 aliphatic rings. The van der Waals surface area contributed by atoms with Crippen molar-refractivity contribution in [3.05, 3.63) is 60.0 Å². The molecule has 31 heavy (non-hydrogen) atoms. The molecule has 1 atom stereocenters. The van der Waals surface area contributed by atoms with Crippen molar-refractivity contribution in [2.24, 2.45) is 17.8 Å². The smallest absolute Gasteiger partial charge is 0.161 e. The molecule has 1 aliphatic heterocycles. The third-order valence-corrected chi connectivity index (χ3v) is 7.30. The molecule has 3 nitrogen and oxygen atoms in total. The Balaban J connectivity index is 1.68. The Morgan fingerprint density at radius 1 is 1.16 bits per heavy atom. The Labute approximate surface area is 190 Å². The fourth-order valence-corrected chi connectivity index (χ4v) is 4.67. The van der Waals surface area contributed by atoms with E-state index >= 15 is 0 Å². The molecule has 3 rings (SSSR count). The van der Waals surface area contributed by atoms with Gasteiger partial charge in [0.05, 0.1) is 0 Å². The van der Waals surface area contributed by atoms with Crippen molar-refractivity contribution in [3.63, 3.8) is 0 Å². The van der Waals surface area contributed by atoms with Crippen LogP contribution in [0.5, 0.6) is 0 Å². The van der Waals surface area contributed by atoms with Crippen molar-refractivity contribution in [2.45, 2.75) is 65.7 Å². The van der Waals surface area contributed by atoms with E-state index in [1.54, 1.807) is 0 Å². The maximum Gasteiger partial charge on any atom is 0.161 e. The summed E-state index contributed by atoms with van der Waals surface area (Å²) in [6.07, 6.45) is 11.9. The number of carbonyl (C=O) groups is 1. The van der Waals surface area contributed by atoms with E-state index in [2.05, 4.69) is 62.5 Å². The van der Waals surface area contributed by atoms with Crippen LogP contribution < -0.4 is 0 Å². The number of hydrogen-bond donors (Lipinski definition) is 0. The van der Waals surface area contributed by atoms with Crippen LogP contribution in [-0.4, -0.2) is 41.8 Å². The summed E-state index contributed by atoms with van der Waals surface area (Å²) < 4.78 is 0. The number of rotatable bonds is 14. The highest BCUT2D eigenvalue weighted by molar-refractivity contribution is 5.98. The molecule has 2 fully saturated rings. The number of hydrogen-bond acceptors (Lipinski definition) is 3. The molecule has 2 saturated carbocycles. The van der Waals surface area contributed by atoms with E-state index < -0.39 is 0 Å². The zero-order valence-electron chi connectivity index (χ0n) is 20.1. The molecule has 0 aromatic heterocycles. The van der Waals surface area contributed by atoms with Crippen molar-refractivity contribution in [3.8, 4) is 0 Å². The Morgan fingerprint density at radius 2 is 1.81 bits per heavy atom. The molecule has 0 spiro atoms. The maximum atomic E-state index is 12.4. The second-order valence-electron chi connectivity index (χ2n) is 9.49. The molecule has 0 saturated heterocycles. The predicted octanol–water partition coefficient (Wildman–Crippen LogP) is 6.28. The average Bonchev–Trinajstić information content (AvgIpc) is 3.68. The van der Waals surface area contributed by atoms with E-state index in [0.29, 0.717) is 17.6 Å².